The van der Waals surface area contributed by atoms with E-state index in [2.05, 4.69) is 21.2 Å². The average molecular weight is 318 g/mol. The van der Waals surface area contributed by atoms with Crippen LogP contribution < -0.4 is 5.32 Å². The first-order chi connectivity index (χ1) is 8.20. The number of anilines is 1. The SMILES string of the molecule is COC(=O)c1sc(Br)cc1NC1CCCCC1. The van der Waals surface area contributed by atoms with Crippen LogP contribution in [0.15, 0.2) is 9.85 Å². The van der Waals surface area contributed by atoms with E-state index in [-0.39, 0.29) is 5.97 Å². The van der Waals surface area contributed by atoms with E-state index in [1.165, 1.54) is 50.6 Å². The molecule has 0 aliphatic heterocycles. The normalized spacial score (nSPS) is 16.8. The van der Waals surface area contributed by atoms with Gasteiger partial charge in [-0.05, 0) is 34.8 Å². The van der Waals surface area contributed by atoms with Crippen LogP contribution in [0, 0.1) is 0 Å². The molecule has 1 heterocycles. The second-order valence-electron chi connectivity index (χ2n) is 4.26. The fourth-order valence-electron chi connectivity index (χ4n) is 2.18. The summed E-state index contributed by atoms with van der Waals surface area (Å²) in [6.45, 7) is 0. The van der Waals surface area contributed by atoms with E-state index < -0.39 is 0 Å². The Morgan fingerprint density at radius 2 is 2.18 bits per heavy atom. The van der Waals surface area contributed by atoms with Crippen LogP contribution >= 0.6 is 27.3 Å². The Labute approximate surface area is 114 Å². The Balaban J connectivity index is 2.11. The van der Waals surface area contributed by atoms with E-state index in [0.717, 1.165) is 9.47 Å². The summed E-state index contributed by atoms with van der Waals surface area (Å²) < 4.78 is 5.74. The summed E-state index contributed by atoms with van der Waals surface area (Å²) in [6.07, 6.45) is 6.25. The Hall–Kier alpha value is -0.550. The third-order valence-corrected chi connectivity index (χ3v) is 4.66. The van der Waals surface area contributed by atoms with E-state index in [4.69, 9.17) is 4.74 Å². The number of hydrogen-bond donors (Lipinski definition) is 1. The summed E-state index contributed by atoms with van der Waals surface area (Å²) in [7, 11) is 1.42. The Morgan fingerprint density at radius 1 is 1.47 bits per heavy atom. The van der Waals surface area contributed by atoms with Crippen LogP contribution in [0.25, 0.3) is 0 Å². The van der Waals surface area contributed by atoms with Crippen LogP contribution in [0.1, 0.15) is 41.8 Å². The van der Waals surface area contributed by atoms with Gasteiger partial charge in [0.1, 0.15) is 4.88 Å². The topological polar surface area (TPSA) is 38.3 Å². The lowest BCUT2D eigenvalue weighted by molar-refractivity contribution is 0.0607. The van der Waals surface area contributed by atoms with Gasteiger partial charge in [-0.3, -0.25) is 0 Å². The maximum atomic E-state index is 11.6. The maximum absolute atomic E-state index is 11.6. The lowest BCUT2D eigenvalue weighted by Crippen LogP contribution is -2.22. The van der Waals surface area contributed by atoms with E-state index in [9.17, 15) is 4.79 Å². The van der Waals surface area contributed by atoms with E-state index >= 15 is 0 Å². The monoisotopic (exact) mass is 317 g/mol. The highest BCUT2D eigenvalue weighted by molar-refractivity contribution is 9.11. The van der Waals surface area contributed by atoms with E-state index in [1.54, 1.807) is 0 Å². The van der Waals surface area contributed by atoms with Gasteiger partial charge < -0.3 is 10.1 Å². The second kappa shape index (κ2) is 5.87. The molecule has 0 saturated heterocycles. The first kappa shape index (κ1) is 12.9. The first-order valence-corrected chi connectivity index (χ1v) is 7.46. The summed E-state index contributed by atoms with van der Waals surface area (Å²) >= 11 is 4.83. The van der Waals surface area contributed by atoms with Crippen LogP contribution in [0.2, 0.25) is 0 Å². The van der Waals surface area contributed by atoms with Gasteiger partial charge in [-0.1, -0.05) is 19.3 Å². The predicted octanol–water partition coefficient (Wildman–Crippen LogP) is 4.04. The van der Waals surface area contributed by atoms with Crippen LogP contribution in [0.4, 0.5) is 5.69 Å². The summed E-state index contributed by atoms with van der Waals surface area (Å²) in [6, 6.07) is 2.46. The molecule has 1 aromatic rings. The van der Waals surface area contributed by atoms with Crippen LogP contribution in [0.5, 0.6) is 0 Å². The van der Waals surface area contributed by atoms with Gasteiger partial charge in [0.25, 0.3) is 0 Å². The van der Waals surface area contributed by atoms with Gasteiger partial charge in [0.15, 0.2) is 0 Å². The Kier molecular flexibility index (Phi) is 4.45. The van der Waals surface area contributed by atoms with Crippen molar-refractivity contribution in [1.82, 2.24) is 0 Å². The van der Waals surface area contributed by atoms with Gasteiger partial charge in [-0.25, -0.2) is 4.79 Å². The first-order valence-electron chi connectivity index (χ1n) is 5.85. The molecule has 0 aromatic carbocycles. The van der Waals surface area contributed by atoms with Crippen molar-refractivity contribution in [3.05, 3.63) is 14.7 Å². The molecule has 94 valence electrons. The van der Waals surface area contributed by atoms with Gasteiger partial charge in [-0.2, -0.15) is 0 Å². The molecule has 0 spiro atoms. The largest absolute Gasteiger partial charge is 0.465 e. The lowest BCUT2D eigenvalue weighted by Gasteiger charge is -2.23. The molecular weight excluding hydrogens is 302 g/mol. The van der Waals surface area contributed by atoms with E-state index in [1.807, 2.05) is 6.07 Å². The molecule has 1 saturated carbocycles. The van der Waals surface area contributed by atoms with Gasteiger partial charge in [-0.15, -0.1) is 11.3 Å². The standard InChI is InChI=1S/C12H16BrNO2S/c1-16-12(15)11-9(7-10(13)17-11)14-8-5-3-2-4-6-8/h7-8,14H,2-6H2,1H3. The molecule has 0 atom stereocenters. The predicted molar refractivity (Wildman–Crippen MR) is 73.9 cm³/mol. The molecule has 1 N–H and O–H groups in total. The summed E-state index contributed by atoms with van der Waals surface area (Å²) in [4.78, 5) is 12.3. The summed E-state index contributed by atoms with van der Waals surface area (Å²) in [5.41, 5.74) is 0.903. The van der Waals surface area contributed by atoms with Crippen molar-refractivity contribution in [3.8, 4) is 0 Å². The molecule has 2 rings (SSSR count). The number of carbonyl (C=O) groups is 1. The van der Waals surface area contributed by atoms with Gasteiger partial charge in [0.2, 0.25) is 0 Å². The number of rotatable bonds is 3. The van der Waals surface area contributed by atoms with Gasteiger partial charge in [0, 0.05) is 6.04 Å². The molecule has 17 heavy (non-hydrogen) atoms. The summed E-state index contributed by atoms with van der Waals surface area (Å²) in [5.74, 6) is -0.265. The molecule has 1 aromatic heterocycles. The Morgan fingerprint density at radius 3 is 2.82 bits per heavy atom. The molecule has 5 heteroatoms. The molecule has 0 amide bonds. The lowest BCUT2D eigenvalue weighted by atomic mass is 9.95. The number of hydrogen-bond acceptors (Lipinski definition) is 4. The quantitative estimate of drug-likeness (QED) is 0.855. The van der Waals surface area contributed by atoms with Crippen LogP contribution in [-0.2, 0) is 4.74 Å². The third-order valence-electron chi connectivity index (χ3n) is 3.04. The molecule has 1 aliphatic rings. The van der Waals surface area contributed by atoms with Crippen LogP contribution in [0.3, 0.4) is 0 Å². The fraction of sp³-hybridized carbons (Fsp3) is 0.583. The number of halogens is 1. The number of thiophene rings is 1. The van der Waals surface area contributed by atoms with Crippen LogP contribution in [-0.4, -0.2) is 19.1 Å². The molecule has 1 aliphatic carbocycles. The van der Waals surface area contributed by atoms with Crippen molar-refractivity contribution >= 4 is 38.9 Å². The number of ether oxygens (including phenoxy) is 1. The minimum atomic E-state index is -0.265. The van der Waals surface area contributed by atoms with Crippen molar-refractivity contribution in [2.24, 2.45) is 0 Å². The molecule has 0 radical (unpaired) electrons. The number of nitrogens with one attached hydrogen (secondary N) is 1. The molecular formula is C12H16BrNO2S. The maximum Gasteiger partial charge on any atom is 0.350 e. The zero-order valence-electron chi connectivity index (χ0n) is 9.79. The molecule has 3 nitrogen and oxygen atoms in total. The van der Waals surface area contributed by atoms with Crippen molar-refractivity contribution in [1.29, 1.82) is 0 Å². The number of methoxy groups -OCH3 is 1. The molecule has 1 fully saturated rings. The van der Waals surface area contributed by atoms with Gasteiger partial charge >= 0.3 is 5.97 Å². The minimum absolute atomic E-state index is 0.265. The third kappa shape index (κ3) is 3.22. The summed E-state index contributed by atoms with van der Waals surface area (Å²) in [5, 5.41) is 3.47. The zero-order valence-corrected chi connectivity index (χ0v) is 12.2. The number of carbonyl (C=O) groups excluding carboxylic acids is 1. The average Bonchev–Trinajstić information content (AvgIpc) is 2.70. The van der Waals surface area contributed by atoms with Gasteiger partial charge in [0.05, 0.1) is 16.6 Å². The highest BCUT2D eigenvalue weighted by Gasteiger charge is 2.20. The molecule has 0 unspecified atom stereocenters. The smallest absolute Gasteiger partial charge is 0.350 e. The molecule has 0 bridgehead atoms. The second-order valence-corrected chi connectivity index (χ2v) is 6.70. The van der Waals surface area contributed by atoms with Crippen molar-refractivity contribution < 1.29 is 9.53 Å². The zero-order chi connectivity index (χ0) is 12.3. The highest BCUT2D eigenvalue weighted by Crippen LogP contribution is 2.33. The van der Waals surface area contributed by atoms with E-state index in [0.29, 0.717) is 10.9 Å². The number of esters is 1. The van der Waals surface area contributed by atoms with Crippen molar-refractivity contribution in [3.63, 3.8) is 0 Å². The highest BCUT2D eigenvalue weighted by atomic mass is 79.9. The Bertz CT molecular complexity index is 399. The van der Waals surface area contributed by atoms with Crippen molar-refractivity contribution in [2.45, 2.75) is 38.1 Å². The minimum Gasteiger partial charge on any atom is -0.465 e. The fourth-order valence-corrected chi connectivity index (χ4v) is 3.66. The van der Waals surface area contributed by atoms with Crippen molar-refractivity contribution in [2.75, 3.05) is 12.4 Å².